The Morgan fingerprint density at radius 3 is 1.87 bits per heavy atom. The van der Waals surface area contributed by atoms with Gasteiger partial charge in [0.2, 0.25) is 0 Å². The molecule has 0 aliphatic heterocycles. The molecule has 0 amide bonds. The molecule has 2 aromatic carbocycles. The summed E-state index contributed by atoms with van der Waals surface area (Å²) in [6.07, 6.45) is 0. The third-order valence-corrected chi connectivity index (χ3v) is 8.65. The molecule has 0 radical (unpaired) electrons. The first-order chi connectivity index (χ1) is 14.0. The van der Waals surface area contributed by atoms with Crippen LogP contribution in [0.15, 0.2) is 45.3 Å². The second-order valence-electron chi connectivity index (χ2n) is 5.82. The Balaban J connectivity index is 0.000000211. The number of aliphatic hydroxyl groups excluding tert-OH is 1. The maximum atomic E-state index is 13.5. The molecule has 0 bridgehead atoms. The van der Waals surface area contributed by atoms with Crippen molar-refractivity contribution in [1.29, 1.82) is 0 Å². The first kappa shape index (κ1) is 25.3. The van der Waals surface area contributed by atoms with Crippen LogP contribution < -0.4 is 0 Å². The highest BCUT2D eigenvalue weighted by atomic mass is 79.9. The number of halogens is 4. The molecule has 4 rings (SSSR count). The van der Waals surface area contributed by atoms with Gasteiger partial charge in [-0.05, 0) is 44.0 Å². The minimum atomic E-state index is -0.233. The lowest BCUT2D eigenvalue weighted by Crippen LogP contribution is -1.95. The number of benzene rings is 2. The minimum absolute atomic E-state index is 0. The molecule has 0 aliphatic carbocycles. The molecule has 30 heavy (non-hydrogen) atoms. The van der Waals surface area contributed by atoms with Crippen LogP contribution in [0, 0.1) is 11.6 Å². The monoisotopic (exact) mass is 580 g/mol. The molecule has 0 spiro atoms. The number of rotatable bonds is 5. The van der Waals surface area contributed by atoms with Crippen molar-refractivity contribution in [3.05, 3.63) is 66.7 Å². The molecule has 0 aliphatic rings. The molecule has 3 nitrogen and oxygen atoms in total. The van der Waals surface area contributed by atoms with Gasteiger partial charge in [0.25, 0.3) is 0 Å². The van der Waals surface area contributed by atoms with Crippen LogP contribution in [0.5, 0.6) is 0 Å². The van der Waals surface area contributed by atoms with E-state index in [1.54, 1.807) is 19.2 Å². The summed E-state index contributed by atoms with van der Waals surface area (Å²) in [6.45, 7) is 0.607. The Kier molecular flexibility index (Phi) is 9.80. The van der Waals surface area contributed by atoms with Crippen LogP contribution in [-0.2, 0) is 22.7 Å². The van der Waals surface area contributed by atoms with Crippen molar-refractivity contribution in [2.45, 2.75) is 20.6 Å². The zero-order valence-corrected chi connectivity index (χ0v) is 20.0. The summed E-state index contributed by atoms with van der Waals surface area (Å²) in [5.74, 6) is -0.427. The average molecular weight is 582 g/mol. The maximum absolute atomic E-state index is 13.5. The Hall–Kier alpha value is -0.940. The molecular formula is C21H20Br2F2O3S2. The van der Waals surface area contributed by atoms with Crippen LogP contribution in [0.25, 0.3) is 20.2 Å². The van der Waals surface area contributed by atoms with Gasteiger partial charge in [-0.2, -0.15) is 0 Å². The fraction of sp³-hybridized carbons (Fsp3) is 0.238. The van der Waals surface area contributed by atoms with Crippen LogP contribution >= 0.6 is 54.5 Å². The van der Waals surface area contributed by atoms with Crippen LogP contribution in [0.2, 0.25) is 0 Å². The lowest BCUT2D eigenvalue weighted by Gasteiger charge is -2.00. The third-order valence-electron chi connectivity index (χ3n) is 3.93. The summed E-state index contributed by atoms with van der Waals surface area (Å²) in [6, 6.07) is 9.97. The summed E-state index contributed by atoms with van der Waals surface area (Å²) in [5.41, 5.74) is 0. The number of ether oxygens (including phenoxy) is 2. The normalized spacial score (nSPS) is 10.7. The van der Waals surface area contributed by atoms with E-state index >= 15 is 0 Å². The molecule has 162 valence electrons. The first-order valence-electron chi connectivity index (χ1n) is 8.36. The average Bonchev–Trinajstić information content (AvgIpc) is 3.22. The van der Waals surface area contributed by atoms with E-state index in [4.69, 9.17) is 14.6 Å². The largest absolute Gasteiger partial charge is 0.391 e. The van der Waals surface area contributed by atoms with Crippen molar-refractivity contribution >= 4 is 74.7 Å². The van der Waals surface area contributed by atoms with E-state index in [1.807, 2.05) is 12.1 Å². The van der Waals surface area contributed by atoms with Gasteiger partial charge < -0.3 is 14.6 Å². The van der Waals surface area contributed by atoms with E-state index in [0.29, 0.717) is 16.0 Å². The Morgan fingerprint density at radius 1 is 0.900 bits per heavy atom. The standard InChI is InChI=1S/C11H10BrFO2S.C9H6BrFOS.CH4/c1-14-6-15-5-9-10(12)7-3-2-4-8(13)11(7)16-9;10-8-5-2-1-3-6(11)9(5)13-7(8)4-12;/h2-4H,5-6H2,1H3;1-3,12H,4H2;1H4. The van der Waals surface area contributed by atoms with Crippen molar-refractivity contribution in [1.82, 2.24) is 0 Å². The summed E-state index contributed by atoms with van der Waals surface area (Å²) in [7, 11) is 1.57. The number of hydrogen-bond acceptors (Lipinski definition) is 5. The van der Waals surface area contributed by atoms with Crippen LogP contribution in [0.4, 0.5) is 8.78 Å². The number of aliphatic hydroxyl groups is 1. The molecular weight excluding hydrogens is 562 g/mol. The van der Waals surface area contributed by atoms with Gasteiger partial charge in [-0.15, -0.1) is 22.7 Å². The first-order valence-corrected chi connectivity index (χ1v) is 11.6. The molecule has 2 heterocycles. The van der Waals surface area contributed by atoms with E-state index in [0.717, 1.165) is 29.5 Å². The molecule has 0 fully saturated rings. The second kappa shape index (κ2) is 11.6. The van der Waals surface area contributed by atoms with Crippen molar-refractivity contribution in [2.75, 3.05) is 13.9 Å². The molecule has 1 N–H and O–H groups in total. The van der Waals surface area contributed by atoms with E-state index in [2.05, 4.69) is 31.9 Å². The number of thiophene rings is 2. The van der Waals surface area contributed by atoms with E-state index in [9.17, 15) is 8.78 Å². The Bertz CT molecular complexity index is 1130. The molecule has 9 heteroatoms. The highest BCUT2D eigenvalue weighted by Crippen LogP contribution is 2.38. The lowest BCUT2D eigenvalue weighted by atomic mass is 10.2. The summed E-state index contributed by atoms with van der Waals surface area (Å²) >= 11 is 9.47. The van der Waals surface area contributed by atoms with Crippen molar-refractivity contribution in [3.63, 3.8) is 0 Å². The third kappa shape index (κ3) is 5.45. The van der Waals surface area contributed by atoms with Crippen molar-refractivity contribution in [3.8, 4) is 0 Å². The van der Waals surface area contributed by atoms with Gasteiger partial charge >= 0.3 is 0 Å². The van der Waals surface area contributed by atoms with E-state index in [1.165, 1.54) is 34.8 Å². The zero-order chi connectivity index (χ0) is 21.0. The Labute approximate surface area is 198 Å². The van der Waals surface area contributed by atoms with Crippen LogP contribution in [0.3, 0.4) is 0 Å². The lowest BCUT2D eigenvalue weighted by molar-refractivity contribution is -0.0383. The van der Waals surface area contributed by atoms with Crippen molar-refractivity contribution < 1.29 is 23.4 Å². The van der Waals surface area contributed by atoms with Crippen LogP contribution in [0.1, 0.15) is 17.2 Å². The summed E-state index contributed by atoms with van der Waals surface area (Å²) < 4.78 is 39.7. The molecule has 0 atom stereocenters. The molecule has 0 saturated heterocycles. The van der Waals surface area contributed by atoms with Gasteiger partial charge in [-0.25, -0.2) is 8.78 Å². The fourth-order valence-electron chi connectivity index (χ4n) is 2.62. The van der Waals surface area contributed by atoms with Gasteiger partial charge in [-0.1, -0.05) is 31.7 Å². The highest BCUT2D eigenvalue weighted by molar-refractivity contribution is 9.11. The predicted molar refractivity (Wildman–Crippen MR) is 128 cm³/mol. The molecule has 2 aromatic heterocycles. The predicted octanol–water partition coefficient (Wildman–Crippen LogP) is 7.85. The van der Waals surface area contributed by atoms with Gasteiger partial charge in [0, 0.05) is 36.6 Å². The van der Waals surface area contributed by atoms with Crippen molar-refractivity contribution in [2.24, 2.45) is 0 Å². The van der Waals surface area contributed by atoms with Gasteiger partial charge in [0.05, 0.1) is 22.6 Å². The minimum Gasteiger partial charge on any atom is -0.391 e. The van der Waals surface area contributed by atoms with Crippen LogP contribution in [-0.4, -0.2) is 19.0 Å². The van der Waals surface area contributed by atoms with E-state index in [-0.39, 0.29) is 32.5 Å². The SMILES string of the molecule is C.COCOCc1sc2c(F)cccc2c1Br.OCc1sc2c(F)cccc2c1Br. The zero-order valence-electron chi connectivity index (χ0n) is 15.2. The van der Waals surface area contributed by atoms with Gasteiger partial charge in [0.1, 0.15) is 18.4 Å². The van der Waals surface area contributed by atoms with E-state index < -0.39 is 0 Å². The number of methoxy groups -OCH3 is 1. The number of hydrogen-bond donors (Lipinski definition) is 1. The number of fused-ring (bicyclic) bond motifs is 2. The van der Waals surface area contributed by atoms with Gasteiger partial charge in [0.15, 0.2) is 0 Å². The second-order valence-corrected chi connectivity index (χ2v) is 9.62. The smallest absolute Gasteiger partial charge is 0.146 e. The molecule has 4 aromatic rings. The topological polar surface area (TPSA) is 38.7 Å². The quantitative estimate of drug-likeness (QED) is 0.193. The highest BCUT2D eigenvalue weighted by Gasteiger charge is 2.13. The maximum Gasteiger partial charge on any atom is 0.146 e. The van der Waals surface area contributed by atoms with Gasteiger partial charge in [-0.3, -0.25) is 0 Å². The fourth-order valence-corrected chi connectivity index (χ4v) is 6.26. The molecule has 0 unspecified atom stereocenters. The summed E-state index contributed by atoms with van der Waals surface area (Å²) in [5, 5.41) is 10.7. The Morgan fingerprint density at radius 2 is 1.40 bits per heavy atom. The summed E-state index contributed by atoms with van der Waals surface area (Å²) in [4.78, 5) is 1.73. The molecule has 0 saturated carbocycles.